The summed E-state index contributed by atoms with van der Waals surface area (Å²) in [5.74, 6) is 0.297. The van der Waals surface area contributed by atoms with Crippen LogP contribution in [0.3, 0.4) is 0 Å². The first-order chi connectivity index (χ1) is 11.1. The van der Waals surface area contributed by atoms with Gasteiger partial charge in [-0.2, -0.15) is 0 Å². The van der Waals surface area contributed by atoms with E-state index < -0.39 is 5.60 Å². The molecule has 6 nitrogen and oxygen atoms in total. The Labute approximate surface area is 148 Å². The number of nitrogens with zero attached hydrogens (tertiary/aromatic N) is 2. The lowest BCUT2D eigenvalue weighted by Crippen LogP contribution is -2.67. The van der Waals surface area contributed by atoms with Crippen molar-refractivity contribution in [3.8, 4) is 0 Å². The van der Waals surface area contributed by atoms with Crippen LogP contribution in [0, 0.1) is 5.41 Å². The van der Waals surface area contributed by atoms with Gasteiger partial charge in [0.05, 0.1) is 22.3 Å². The van der Waals surface area contributed by atoms with E-state index in [1.165, 1.54) is 11.1 Å². The van der Waals surface area contributed by atoms with Crippen molar-refractivity contribution in [3.63, 3.8) is 0 Å². The maximum Gasteiger partial charge on any atom is 0.254 e. The number of rotatable bonds is 6. The maximum atomic E-state index is 11.9. The van der Waals surface area contributed by atoms with E-state index in [4.69, 9.17) is 16.3 Å². The average molecular weight is 356 g/mol. The molecule has 24 heavy (non-hydrogen) atoms. The van der Waals surface area contributed by atoms with Crippen molar-refractivity contribution in [2.45, 2.75) is 38.9 Å². The lowest BCUT2D eigenvalue weighted by atomic mass is 9.56. The molecule has 1 amide bonds. The second kappa shape index (κ2) is 6.86. The first kappa shape index (κ1) is 19.0. The first-order valence-corrected chi connectivity index (χ1v) is 8.45. The molecule has 2 rings (SSSR count). The molecule has 1 heterocycles. The summed E-state index contributed by atoms with van der Waals surface area (Å²) in [5.41, 5.74) is -0.825. The number of halogens is 1. The maximum absolute atomic E-state index is 11.9. The number of hydrogen-bond donors (Lipinski definition) is 2. The number of amides is 1. The van der Waals surface area contributed by atoms with Crippen molar-refractivity contribution in [2.75, 3.05) is 32.6 Å². The highest BCUT2D eigenvalue weighted by Gasteiger charge is 2.59. The van der Waals surface area contributed by atoms with Crippen molar-refractivity contribution < 1.29 is 14.6 Å². The van der Waals surface area contributed by atoms with Crippen LogP contribution in [0.25, 0.3) is 0 Å². The largest absolute Gasteiger partial charge is 0.387 e. The van der Waals surface area contributed by atoms with Gasteiger partial charge in [0.2, 0.25) is 0 Å². The van der Waals surface area contributed by atoms with Crippen LogP contribution in [-0.2, 0) is 4.74 Å². The highest BCUT2D eigenvalue weighted by molar-refractivity contribution is 6.33. The summed E-state index contributed by atoms with van der Waals surface area (Å²) >= 11 is 6.22. The van der Waals surface area contributed by atoms with Gasteiger partial charge in [0.15, 0.2) is 0 Å². The fourth-order valence-corrected chi connectivity index (χ4v) is 3.17. The molecule has 7 heteroatoms. The molecule has 1 aromatic rings. The predicted molar refractivity (Wildman–Crippen MR) is 94.5 cm³/mol. The van der Waals surface area contributed by atoms with Gasteiger partial charge in [-0.05, 0) is 13.0 Å². The molecule has 2 N–H and O–H groups in total. The van der Waals surface area contributed by atoms with E-state index in [-0.39, 0.29) is 17.4 Å². The Kier molecular flexibility index (Phi) is 5.42. The van der Waals surface area contributed by atoms with Crippen LogP contribution in [0.4, 0.5) is 5.82 Å². The summed E-state index contributed by atoms with van der Waals surface area (Å²) in [6.07, 6.45) is 2.09. The average Bonchev–Trinajstić information content (AvgIpc) is 2.52. The lowest BCUT2D eigenvalue weighted by molar-refractivity contribution is -0.233. The number of aromatic nitrogens is 1. The summed E-state index contributed by atoms with van der Waals surface area (Å²) in [6, 6.07) is 1.58. The van der Waals surface area contributed by atoms with Crippen LogP contribution in [0.5, 0.6) is 0 Å². The number of anilines is 1. The van der Waals surface area contributed by atoms with Crippen molar-refractivity contribution in [3.05, 3.63) is 22.8 Å². The number of hydrogen-bond acceptors (Lipinski definition) is 5. The summed E-state index contributed by atoms with van der Waals surface area (Å²) < 4.78 is 5.66. The Morgan fingerprint density at radius 3 is 2.71 bits per heavy atom. The van der Waals surface area contributed by atoms with Gasteiger partial charge in [0.1, 0.15) is 5.82 Å². The van der Waals surface area contributed by atoms with Gasteiger partial charge in [-0.3, -0.25) is 4.79 Å². The van der Waals surface area contributed by atoms with E-state index in [1.54, 1.807) is 20.2 Å². The van der Waals surface area contributed by atoms with Crippen LogP contribution in [0.15, 0.2) is 12.3 Å². The number of nitrogens with one attached hydrogen (secondary N) is 1. The monoisotopic (exact) mass is 355 g/mol. The molecule has 1 aliphatic rings. The fraction of sp³-hybridized carbons (Fsp3) is 0.647. The van der Waals surface area contributed by atoms with Crippen molar-refractivity contribution >= 4 is 23.3 Å². The molecule has 2 atom stereocenters. The fourth-order valence-electron chi connectivity index (χ4n) is 2.93. The highest BCUT2D eigenvalue weighted by atomic mass is 35.5. The molecule has 0 bridgehead atoms. The third-order valence-electron chi connectivity index (χ3n) is 4.94. The number of pyridine rings is 1. The number of carbonyl (C=O) groups is 1. The third kappa shape index (κ3) is 3.36. The Bertz CT molecular complexity index is 621. The van der Waals surface area contributed by atoms with Crippen LogP contribution >= 0.6 is 11.6 Å². The smallest absolute Gasteiger partial charge is 0.254 e. The summed E-state index contributed by atoms with van der Waals surface area (Å²) in [6.45, 7) is 6.88. The molecule has 0 spiro atoms. The summed E-state index contributed by atoms with van der Waals surface area (Å²) in [4.78, 5) is 17.6. The first-order valence-electron chi connectivity index (χ1n) is 8.07. The number of aliphatic hydroxyl groups is 1. The number of carbonyl (C=O) groups excluding carboxylic acids is 1. The summed E-state index contributed by atoms with van der Waals surface area (Å²) in [7, 11) is 3.34. The SMILES string of the molecule is CCOC1CC(O)(CNc2ncc(C(=O)N(C)C)cc2Cl)C1(C)C. The minimum atomic E-state index is -0.893. The second-order valence-electron chi connectivity index (χ2n) is 7.01. The number of ether oxygens (including phenoxy) is 1. The van der Waals surface area contributed by atoms with E-state index >= 15 is 0 Å². The molecule has 0 radical (unpaired) electrons. The highest BCUT2D eigenvalue weighted by Crippen LogP contribution is 2.51. The lowest BCUT2D eigenvalue weighted by Gasteiger charge is -2.58. The van der Waals surface area contributed by atoms with Gasteiger partial charge in [-0.15, -0.1) is 0 Å². The molecule has 0 aliphatic heterocycles. The minimum absolute atomic E-state index is 0.0396. The molecule has 2 unspecified atom stereocenters. The van der Waals surface area contributed by atoms with E-state index in [9.17, 15) is 9.90 Å². The Hall–Kier alpha value is -1.37. The Morgan fingerprint density at radius 1 is 1.54 bits per heavy atom. The van der Waals surface area contributed by atoms with E-state index in [2.05, 4.69) is 10.3 Å². The quantitative estimate of drug-likeness (QED) is 0.819. The Morgan fingerprint density at radius 2 is 2.21 bits per heavy atom. The van der Waals surface area contributed by atoms with Gasteiger partial charge >= 0.3 is 0 Å². The van der Waals surface area contributed by atoms with Gasteiger partial charge < -0.3 is 20.1 Å². The van der Waals surface area contributed by atoms with Gasteiger partial charge in [0, 0.05) is 45.3 Å². The molecule has 1 saturated carbocycles. The normalized spacial score (nSPS) is 25.0. The van der Waals surface area contributed by atoms with Crippen LogP contribution < -0.4 is 5.32 Å². The molecule has 134 valence electrons. The zero-order valence-corrected chi connectivity index (χ0v) is 15.6. The minimum Gasteiger partial charge on any atom is -0.387 e. The Balaban J connectivity index is 2.04. The molecular formula is C17H26ClN3O3. The van der Waals surface area contributed by atoms with Gasteiger partial charge in [-0.25, -0.2) is 4.98 Å². The standard InChI is InChI=1S/C17H26ClN3O3/c1-6-24-13-8-17(23,16(13,2)3)10-20-14-12(18)7-11(9-19-14)15(22)21(4)5/h7,9,13,23H,6,8,10H2,1-5H3,(H,19,20). The van der Waals surface area contributed by atoms with E-state index in [1.807, 2.05) is 20.8 Å². The molecular weight excluding hydrogens is 330 g/mol. The van der Waals surface area contributed by atoms with Crippen molar-refractivity contribution in [2.24, 2.45) is 5.41 Å². The van der Waals surface area contributed by atoms with Gasteiger partial charge in [0.25, 0.3) is 5.91 Å². The van der Waals surface area contributed by atoms with Crippen molar-refractivity contribution in [1.29, 1.82) is 0 Å². The van der Waals surface area contributed by atoms with E-state index in [0.717, 1.165) is 0 Å². The molecule has 1 aliphatic carbocycles. The third-order valence-corrected chi connectivity index (χ3v) is 5.23. The van der Waals surface area contributed by atoms with Crippen LogP contribution in [-0.4, -0.2) is 59.8 Å². The molecule has 0 saturated heterocycles. The second-order valence-corrected chi connectivity index (χ2v) is 7.42. The molecule has 1 aromatic heterocycles. The van der Waals surface area contributed by atoms with Crippen LogP contribution in [0.1, 0.15) is 37.6 Å². The summed E-state index contributed by atoms with van der Waals surface area (Å²) in [5, 5.41) is 14.3. The topological polar surface area (TPSA) is 74.7 Å². The molecule has 1 fully saturated rings. The zero-order chi connectivity index (χ0) is 18.1. The zero-order valence-electron chi connectivity index (χ0n) is 14.9. The predicted octanol–water partition coefficient (Wildman–Crippen LogP) is 2.41. The van der Waals surface area contributed by atoms with Gasteiger partial charge in [-0.1, -0.05) is 25.4 Å². The van der Waals surface area contributed by atoms with E-state index in [0.29, 0.717) is 36.0 Å². The molecule has 0 aromatic carbocycles. The van der Waals surface area contributed by atoms with Crippen molar-refractivity contribution in [1.82, 2.24) is 9.88 Å². The van der Waals surface area contributed by atoms with Crippen LogP contribution in [0.2, 0.25) is 5.02 Å².